The Morgan fingerprint density at radius 3 is 2.69 bits per heavy atom. The second-order valence-electron chi connectivity index (χ2n) is 3.86. The van der Waals surface area contributed by atoms with Crippen LogP contribution in [0.2, 0.25) is 5.02 Å². The zero-order valence-electron chi connectivity index (χ0n) is 9.57. The minimum Gasteiger partial charge on any atom is -0.398 e. The van der Waals surface area contributed by atoms with Crippen molar-refractivity contribution in [3.8, 4) is 0 Å². The maximum Gasteiger partial charge on any atom is 0.0803 e. The molecular weight excluding hydrogens is 244 g/mol. The maximum absolute atomic E-state index is 12.0. The number of benzene rings is 1. The first kappa shape index (κ1) is 13.5. The minimum atomic E-state index is -1.11. The van der Waals surface area contributed by atoms with E-state index in [0.29, 0.717) is 21.4 Å². The van der Waals surface area contributed by atoms with Crippen molar-refractivity contribution in [2.75, 3.05) is 32.1 Å². The molecule has 1 aromatic rings. The van der Waals surface area contributed by atoms with Crippen molar-refractivity contribution >= 4 is 28.1 Å². The van der Waals surface area contributed by atoms with E-state index in [1.54, 1.807) is 18.2 Å². The van der Waals surface area contributed by atoms with Crippen LogP contribution in [0.15, 0.2) is 23.1 Å². The quantitative estimate of drug-likeness (QED) is 0.824. The van der Waals surface area contributed by atoms with Gasteiger partial charge >= 0.3 is 0 Å². The minimum absolute atomic E-state index is 0.489. The summed E-state index contributed by atoms with van der Waals surface area (Å²) in [5, 5.41) is 0.489. The SMILES string of the molecule is CN(C)CCCS(=O)c1c(N)cccc1Cl. The van der Waals surface area contributed by atoms with Gasteiger partial charge in [0.15, 0.2) is 0 Å². The van der Waals surface area contributed by atoms with Gasteiger partial charge in [0.1, 0.15) is 0 Å². The van der Waals surface area contributed by atoms with E-state index in [2.05, 4.69) is 4.90 Å². The molecule has 0 saturated heterocycles. The van der Waals surface area contributed by atoms with Gasteiger partial charge in [0.05, 0.1) is 20.7 Å². The van der Waals surface area contributed by atoms with Crippen LogP contribution in [0.25, 0.3) is 0 Å². The normalized spacial score (nSPS) is 13.0. The largest absolute Gasteiger partial charge is 0.398 e. The molecule has 0 radical (unpaired) electrons. The summed E-state index contributed by atoms with van der Waals surface area (Å²) in [7, 11) is 2.88. The van der Waals surface area contributed by atoms with Crippen LogP contribution < -0.4 is 5.73 Å². The van der Waals surface area contributed by atoms with E-state index in [1.165, 1.54) is 0 Å². The van der Waals surface area contributed by atoms with E-state index < -0.39 is 10.8 Å². The van der Waals surface area contributed by atoms with Gasteiger partial charge in [-0.1, -0.05) is 17.7 Å². The van der Waals surface area contributed by atoms with Crippen LogP contribution in [0.5, 0.6) is 0 Å². The number of halogens is 1. The highest BCUT2D eigenvalue weighted by Crippen LogP contribution is 2.25. The molecule has 1 atom stereocenters. The van der Waals surface area contributed by atoms with Crippen LogP contribution in [0, 0.1) is 0 Å². The average Bonchev–Trinajstić information content (AvgIpc) is 2.16. The number of anilines is 1. The fourth-order valence-electron chi connectivity index (χ4n) is 1.38. The molecule has 0 saturated carbocycles. The number of nitrogens with zero attached hydrogens (tertiary/aromatic N) is 1. The molecule has 0 aliphatic rings. The zero-order valence-corrected chi connectivity index (χ0v) is 11.1. The van der Waals surface area contributed by atoms with E-state index in [-0.39, 0.29) is 0 Å². The van der Waals surface area contributed by atoms with Crippen LogP contribution in [0.1, 0.15) is 6.42 Å². The van der Waals surface area contributed by atoms with Crippen molar-refractivity contribution in [3.63, 3.8) is 0 Å². The molecule has 5 heteroatoms. The van der Waals surface area contributed by atoms with Gasteiger partial charge in [0, 0.05) is 11.4 Å². The Balaban J connectivity index is 2.66. The highest BCUT2D eigenvalue weighted by molar-refractivity contribution is 7.85. The van der Waals surface area contributed by atoms with Crippen LogP contribution >= 0.6 is 11.6 Å². The van der Waals surface area contributed by atoms with Crippen molar-refractivity contribution in [2.45, 2.75) is 11.3 Å². The molecule has 0 bridgehead atoms. The number of hydrogen-bond acceptors (Lipinski definition) is 3. The van der Waals surface area contributed by atoms with Gasteiger partial charge in [-0.25, -0.2) is 0 Å². The summed E-state index contributed by atoms with van der Waals surface area (Å²) in [4.78, 5) is 2.63. The highest BCUT2D eigenvalue weighted by Gasteiger charge is 2.11. The van der Waals surface area contributed by atoms with Crippen molar-refractivity contribution in [1.82, 2.24) is 4.90 Å². The van der Waals surface area contributed by atoms with Crippen LogP contribution in [0.4, 0.5) is 5.69 Å². The van der Waals surface area contributed by atoms with E-state index in [0.717, 1.165) is 13.0 Å². The summed E-state index contributed by atoms with van der Waals surface area (Å²) in [6.07, 6.45) is 0.865. The van der Waals surface area contributed by atoms with Crippen LogP contribution in [-0.2, 0) is 10.8 Å². The number of hydrogen-bond donors (Lipinski definition) is 1. The molecule has 16 heavy (non-hydrogen) atoms. The standard InChI is InChI=1S/C11H17ClN2OS/c1-14(2)7-4-8-16(15)11-9(12)5-3-6-10(11)13/h3,5-6H,4,7-8,13H2,1-2H3. The summed E-state index contributed by atoms with van der Waals surface area (Å²) in [6, 6.07) is 5.21. The number of nitrogens with two attached hydrogens (primary N) is 1. The second kappa shape index (κ2) is 6.23. The predicted molar refractivity (Wildman–Crippen MR) is 70.3 cm³/mol. The average molecular weight is 261 g/mol. The van der Waals surface area contributed by atoms with E-state index in [1.807, 2.05) is 14.1 Å². The Bertz CT molecular complexity index is 362. The zero-order chi connectivity index (χ0) is 12.1. The molecule has 90 valence electrons. The van der Waals surface area contributed by atoms with Crippen LogP contribution in [0.3, 0.4) is 0 Å². The van der Waals surface area contributed by atoms with E-state index in [9.17, 15) is 4.21 Å². The van der Waals surface area contributed by atoms with Crippen molar-refractivity contribution in [1.29, 1.82) is 0 Å². The smallest absolute Gasteiger partial charge is 0.0803 e. The molecule has 2 N–H and O–H groups in total. The number of rotatable bonds is 5. The fourth-order valence-corrected chi connectivity index (χ4v) is 3.03. The molecule has 0 aliphatic heterocycles. The van der Waals surface area contributed by atoms with Gasteiger partial charge in [0.25, 0.3) is 0 Å². The van der Waals surface area contributed by atoms with E-state index >= 15 is 0 Å². The molecule has 0 aliphatic carbocycles. The molecule has 0 heterocycles. The third-order valence-corrected chi connectivity index (χ3v) is 4.16. The third-order valence-electron chi connectivity index (χ3n) is 2.16. The van der Waals surface area contributed by atoms with Gasteiger partial charge < -0.3 is 10.6 Å². The van der Waals surface area contributed by atoms with Gasteiger partial charge in [0.2, 0.25) is 0 Å². The molecule has 1 unspecified atom stereocenters. The van der Waals surface area contributed by atoms with Crippen molar-refractivity contribution < 1.29 is 4.21 Å². The van der Waals surface area contributed by atoms with Gasteiger partial charge in [-0.3, -0.25) is 4.21 Å². The Morgan fingerprint density at radius 2 is 2.12 bits per heavy atom. The Labute approximate surface area is 104 Å². The first-order valence-electron chi connectivity index (χ1n) is 5.09. The Kier molecular flexibility index (Phi) is 5.25. The summed E-state index contributed by atoms with van der Waals surface area (Å²) in [5.41, 5.74) is 6.28. The second-order valence-corrected chi connectivity index (χ2v) is 5.78. The lowest BCUT2D eigenvalue weighted by molar-refractivity contribution is 0.409. The summed E-state index contributed by atoms with van der Waals surface area (Å²) in [6.45, 7) is 0.913. The molecule has 1 rings (SSSR count). The first-order valence-corrected chi connectivity index (χ1v) is 6.79. The summed E-state index contributed by atoms with van der Waals surface area (Å²) < 4.78 is 12.0. The molecule has 1 aromatic carbocycles. The molecule has 3 nitrogen and oxygen atoms in total. The summed E-state index contributed by atoms with van der Waals surface area (Å²) in [5.74, 6) is 0.589. The molecule has 0 fully saturated rings. The third kappa shape index (κ3) is 3.77. The van der Waals surface area contributed by atoms with Gasteiger partial charge in [-0.05, 0) is 39.2 Å². The maximum atomic E-state index is 12.0. The molecule has 0 spiro atoms. The fraction of sp³-hybridized carbons (Fsp3) is 0.455. The highest BCUT2D eigenvalue weighted by atomic mass is 35.5. The lowest BCUT2D eigenvalue weighted by atomic mass is 10.3. The lowest BCUT2D eigenvalue weighted by Gasteiger charge is -2.10. The monoisotopic (exact) mass is 260 g/mol. The van der Waals surface area contributed by atoms with Gasteiger partial charge in [-0.2, -0.15) is 0 Å². The predicted octanol–water partition coefficient (Wildman–Crippen LogP) is 1.98. The lowest BCUT2D eigenvalue weighted by Crippen LogP contribution is -2.15. The van der Waals surface area contributed by atoms with Crippen molar-refractivity contribution in [3.05, 3.63) is 23.2 Å². The summed E-state index contributed by atoms with van der Waals surface area (Å²) >= 11 is 5.98. The topological polar surface area (TPSA) is 46.3 Å². The van der Waals surface area contributed by atoms with Crippen LogP contribution in [-0.4, -0.2) is 35.5 Å². The van der Waals surface area contributed by atoms with E-state index in [4.69, 9.17) is 17.3 Å². The van der Waals surface area contributed by atoms with Crippen molar-refractivity contribution in [2.24, 2.45) is 0 Å². The Morgan fingerprint density at radius 1 is 1.44 bits per heavy atom. The Hall–Kier alpha value is -0.580. The molecule has 0 amide bonds. The molecular formula is C11H17ClN2OS. The first-order chi connectivity index (χ1) is 7.52. The molecule has 0 aromatic heterocycles. The number of nitrogen functional groups attached to an aromatic ring is 1. The van der Waals surface area contributed by atoms with Gasteiger partial charge in [-0.15, -0.1) is 0 Å².